The number of carbonyl (C=O) groups is 3. The van der Waals surface area contributed by atoms with Crippen molar-refractivity contribution in [3.63, 3.8) is 0 Å². The number of methoxy groups -OCH3 is 1. The number of hydrogen-bond donors (Lipinski definition) is 3. The molecule has 188 valence electrons. The Morgan fingerprint density at radius 3 is 2.06 bits per heavy atom. The molecular formula is C27H34N2O6. The molecule has 3 rings (SSSR count). The van der Waals surface area contributed by atoms with Crippen molar-refractivity contribution in [3.05, 3.63) is 59.7 Å². The molecule has 0 aliphatic heterocycles. The summed E-state index contributed by atoms with van der Waals surface area (Å²) in [6.07, 6.45) is -0.844. The zero-order chi connectivity index (χ0) is 25.5. The largest absolute Gasteiger partial charge is 0.480 e. The zero-order valence-corrected chi connectivity index (χ0v) is 20.6. The van der Waals surface area contributed by atoms with E-state index in [0.29, 0.717) is 6.42 Å². The predicted molar refractivity (Wildman–Crippen MR) is 132 cm³/mol. The summed E-state index contributed by atoms with van der Waals surface area (Å²) in [7, 11) is 1.39. The van der Waals surface area contributed by atoms with Gasteiger partial charge in [-0.1, -0.05) is 62.4 Å². The van der Waals surface area contributed by atoms with Gasteiger partial charge in [-0.05, 0) is 41.5 Å². The van der Waals surface area contributed by atoms with Gasteiger partial charge in [-0.25, -0.2) is 9.59 Å². The van der Waals surface area contributed by atoms with Gasteiger partial charge in [0.1, 0.15) is 6.61 Å². The lowest BCUT2D eigenvalue weighted by molar-refractivity contribution is -0.146. The number of alkyl carbamates (subject to hydrolysis) is 1. The van der Waals surface area contributed by atoms with Crippen LogP contribution in [0.25, 0.3) is 11.1 Å². The Bertz CT molecular complexity index is 1010. The van der Waals surface area contributed by atoms with Gasteiger partial charge < -0.3 is 25.2 Å². The quantitative estimate of drug-likeness (QED) is 0.449. The molecule has 35 heavy (non-hydrogen) atoms. The maximum absolute atomic E-state index is 12.8. The van der Waals surface area contributed by atoms with Gasteiger partial charge in [0.05, 0.1) is 12.0 Å². The second-order valence-electron chi connectivity index (χ2n) is 9.30. The molecule has 0 spiro atoms. The van der Waals surface area contributed by atoms with Crippen molar-refractivity contribution in [2.45, 2.75) is 45.3 Å². The minimum atomic E-state index is -1.18. The van der Waals surface area contributed by atoms with E-state index in [4.69, 9.17) is 9.47 Å². The highest BCUT2D eigenvalue weighted by Gasteiger charge is 2.31. The smallest absolute Gasteiger partial charge is 0.407 e. The van der Waals surface area contributed by atoms with Crippen molar-refractivity contribution in [3.8, 4) is 11.1 Å². The lowest BCUT2D eigenvalue weighted by Crippen LogP contribution is -2.51. The van der Waals surface area contributed by atoms with Gasteiger partial charge in [0.2, 0.25) is 5.91 Å². The molecule has 0 radical (unpaired) electrons. The molecule has 0 saturated heterocycles. The lowest BCUT2D eigenvalue weighted by Gasteiger charge is -2.24. The van der Waals surface area contributed by atoms with Crippen LogP contribution in [0.2, 0.25) is 0 Å². The van der Waals surface area contributed by atoms with E-state index in [1.54, 1.807) is 6.92 Å². The number of hydrogen-bond acceptors (Lipinski definition) is 5. The monoisotopic (exact) mass is 482 g/mol. The molecule has 1 aliphatic carbocycles. The van der Waals surface area contributed by atoms with E-state index >= 15 is 0 Å². The fourth-order valence-electron chi connectivity index (χ4n) is 4.50. The standard InChI is InChI=1S/C27H34N2O6/c1-16(2)13-18(25(30)29-24(26(31)32)17(3)34-4)14-28-27(33)35-15-23-21-11-7-5-9-19(21)20-10-6-8-12-22(20)23/h5-12,16-18,23-24H,13-15H2,1-4H3,(H,28,33)(H,29,30)(H,31,32)/t17-,18?,24+/m1/s1. The number of carbonyl (C=O) groups excluding carboxylic acids is 2. The second kappa shape index (κ2) is 11.8. The van der Waals surface area contributed by atoms with Crippen LogP contribution in [0.1, 0.15) is 44.2 Å². The number of rotatable bonds is 11. The minimum Gasteiger partial charge on any atom is -0.480 e. The van der Waals surface area contributed by atoms with E-state index in [9.17, 15) is 19.5 Å². The summed E-state index contributed by atoms with van der Waals surface area (Å²) >= 11 is 0. The molecule has 3 atom stereocenters. The van der Waals surface area contributed by atoms with Crippen LogP contribution in [0.3, 0.4) is 0 Å². The Labute approximate surface area is 206 Å². The van der Waals surface area contributed by atoms with E-state index in [2.05, 4.69) is 22.8 Å². The van der Waals surface area contributed by atoms with Crippen molar-refractivity contribution in [2.24, 2.45) is 11.8 Å². The van der Waals surface area contributed by atoms with Crippen LogP contribution in [-0.2, 0) is 19.1 Å². The molecule has 0 bridgehead atoms. The van der Waals surface area contributed by atoms with Crippen molar-refractivity contribution in [1.29, 1.82) is 0 Å². The van der Waals surface area contributed by atoms with Crippen LogP contribution in [0.5, 0.6) is 0 Å². The van der Waals surface area contributed by atoms with E-state index in [0.717, 1.165) is 22.3 Å². The number of carboxylic acid groups (broad SMARTS) is 1. The number of carboxylic acids is 1. The molecule has 0 heterocycles. The Hall–Kier alpha value is -3.39. The summed E-state index contributed by atoms with van der Waals surface area (Å²) in [6.45, 7) is 5.70. The van der Waals surface area contributed by atoms with Crippen molar-refractivity contribution >= 4 is 18.0 Å². The van der Waals surface area contributed by atoms with E-state index < -0.39 is 36.0 Å². The molecule has 2 amide bonds. The SMILES string of the molecule is CO[C@H](C)[C@H](NC(=O)C(CNC(=O)OCC1c2ccccc2-c2ccccc21)CC(C)C)C(=O)O. The van der Waals surface area contributed by atoms with Crippen LogP contribution in [0.15, 0.2) is 48.5 Å². The second-order valence-corrected chi connectivity index (χ2v) is 9.30. The van der Waals surface area contributed by atoms with Gasteiger partial charge in [0.15, 0.2) is 6.04 Å². The summed E-state index contributed by atoms with van der Waals surface area (Å²) in [5, 5.41) is 14.7. The number of fused-ring (bicyclic) bond motifs is 3. The Morgan fingerprint density at radius 2 is 1.54 bits per heavy atom. The first kappa shape index (κ1) is 26.2. The maximum atomic E-state index is 12.8. The number of benzene rings is 2. The zero-order valence-electron chi connectivity index (χ0n) is 20.6. The number of aliphatic carboxylic acids is 1. The van der Waals surface area contributed by atoms with Crippen LogP contribution >= 0.6 is 0 Å². The third kappa shape index (κ3) is 6.39. The first-order valence-electron chi connectivity index (χ1n) is 11.9. The van der Waals surface area contributed by atoms with Gasteiger partial charge in [0, 0.05) is 19.6 Å². The van der Waals surface area contributed by atoms with E-state index in [-0.39, 0.29) is 25.0 Å². The lowest BCUT2D eigenvalue weighted by atomic mass is 9.95. The van der Waals surface area contributed by atoms with Crippen molar-refractivity contribution in [2.75, 3.05) is 20.3 Å². The topological polar surface area (TPSA) is 114 Å². The number of ether oxygens (including phenoxy) is 2. The summed E-state index contributed by atoms with van der Waals surface area (Å²) < 4.78 is 10.6. The van der Waals surface area contributed by atoms with Gasteiger partial charge in [0.25, 0.3) is 0 Å². The average molecular weight is 483 g/mol. The van der Waals surface area contributed by atoms with Crippen LogP contribution < -0.4 is 10.6 Å². The molecule has 0 aromatic heterocycles. The highest BCUT2D eigenvalue weighted by atomic mass is 16.5. The molecule has 0 fully saturated rings. The van der Waals surface area contributed by atoms with Crippen LogP contribution in [0.4, 0.5) is 4.79 Å². The van der Waals surface area contributed by atoms with E-state index in [1.807, 2.05) is 50.2 Å². The molecule has 3 N–H and O–H groups in total. The van der Waals surface area contributed by atoms with Gasteiger partial charge in [-0.2, -0.15) is 0 Å². The normalized spacial score (nSPS) is 15.0. The van der Waals surface area contributed by atoms with Crippen LogP contribution in [0, 0.1) is 11.8 Å². The fourth-order valence-corrected chi connectivity index (χ4v) is 4.50. The third-order valence-corrected chi connectivity index (χ3v) is 6.37. The maximum Gasteiger partial charge on any atom is 0.407 e. The summed E-state index contributed by atoms with van der Waals surface area (Å²) in [6, 6.07) is 15.0. The fraction of sp³-hybridized carbons (Fsp3) is 0.444. The predicted octanol–water partition coefficient (Wildman–Crippen LogP) is 3.79. The summed E-state index contributed by atoms with van der Waals surface area (Å²) in [5.41, 5.74) is 4.52. The summed E-state index contributed by atoms with van der Waals surface area (Å²) in [5.74, 6) is -2.14. The molecule has 8 nitrogen and oxygen atoms in total. The van der Waals surface area contributed by atoms with Crippen molar-refractivity contribution < 1.29 is 29.0 Å². The highest BCUT2D eigenvalue weighted by Crippen LogP contribution is 2.44. The summed E-state index contributed by atoms with van der Waals surface area (Å²) in [4.78, 5) is 36.9. The Morgan fingerprint density at radius 1 is 0.971 bits per heavy atom. The number of nitrogens with one attached hydrogen (secondary N) is 2. The number of amides is 2. The minimum absolute atomic E-state index is 0.0361. The first-order valence-corrected chi connectivity index (χ1v) is 11.9. The van der Waals surface area contributed by atoms with Gasteiger partial charge in [-0.15, -0.1) is 0 Å². The van der Waals surface area contributed by atoms with Gasteiger partial charge >= 0.3 is 12.1 Å². The molecule has 1 aliphatic rings. The van der Waals surface area contributed by atoms with Gasteiger partial charge in [-0.3, -0.25) is 4.79 Å². The van der Waals surface area contributed by atoms with E-state index in [1.165, 1.54) is 7.11 Å². The third-order valence-electron chi connectivity index (χ3n) is 6.37. The molecule has 1 unspecified atom stereocenters. The van der Waals surface area contributed by atoms with Crippen molar-refractivity contribution in [1.82, 2.24) is 10.6 Å². The Balaban J connectivity index is 1.60. The first-order chi connectivity index (χ1) is 16.7. The molecule has 0 saturated carbocycles. The molecule has 2 aromatic rings. The molecule has 8 heteroatoms. The Kier molecular flexibility index (Phi) is 8.87. The average Bonchev–Trinajstić information content (AvgIpc) is 3.16. The van der Waals surface area contributed by atoms with Crippen LogP contribution in [-0.4, -0.2) is 55.5 Å². The molecule has 2 aromatic carbocycles. The highest BCUT2D eigenvalue weighted by molar-refractivity contribution is 5.86. The molecular weight excluding hydrogens is 448 g/mol.